The van der Waals surface area contributed by atoms with Crippen molar-refractivity contribution in [1.82, 2.24) is 5.32 Å². The van der Waals surface area contributed by atoms with Gasteiger partial charge in [-0.1, -0.05) is 0 Å². The third kappa shape index (κ3) is 4.52. The summed E-state index contributed by atoms with van der Waals surface area (Å²) < 4.78 is 4.99. The molecule has 1 amide bonds. The lowest BCUT2D eigenvalue weighted by molar-refractivity contribution is -0.143. The molecule has 3 N–H and O–H groups in total. The summed E-state index contributed by atoms with van der Waals surface area (Å²) in [6.45, 7) is 5.09. The predicted octanol–water partition coefficient (Wildman–Crippen LogP) is 1.27. The number of aliphatic carboxylic acids is 1. The fourth-order valence-corrected chi connectivity index (χ4v) is 1.82. The van der Waals surface area contributed by atoms with Gasteiger partial charge in [0.1, 0.15) is 11.6 Å². The summed E-state index contributed by atoms with van der Waals surface area (Å²) in [5.74, 6) is -1.17. The number of hydrogen-bond donors (Lipinski definition) is 3. The van der Waals surface area contributed by atoms with Crippen LogP contribution in [0.2, 0.25) is 0 Å². The molecule has 18 heavy (non-hydrogen) atoms. The molecule has 0 aromatic heterocycles. The highest BCUT2D eigenvalue weighted by molar-refractivity contribution is 5.80. The van der Waals surface area contributed by atoms with Crippen molar-refractivity contribution in [2.45, 2.75) is 63.7 Å². The maximum atomic E-state index is 11.5. The van der Waals surface area contributed by atoms with E-state index in [1.165, 1.54) is 0 Å². The summed E-state index contributed by atoms with van der Waals surface area (Å²) >= 11 is 0. The van der Waals surface area contributed by atoms with Crippen molar-refractivity contribution in [3.8, 4) is 0 Å². The van der Waals surface area contributed by atoms with Crippen molar-refractivity contribution in [2.24, 2.45) is 0 Å². The first kappa shape index (κ1) is 14.8. The zero-order chi connectivity index (χ0) is 14.0. The SMILES string of the molecule is CC(C)(C)OC(=O)NC(CC1(O)CCC1)C(=O)O. The van der Waals surface area contributed by atoms with Gasteiger partial charge < -0.3 is 20.3 Å². The second-order valence-electron chi connectivity index (χ2n) is 5.82. The monoisotopic (exact) mass is 259 g/mol. The highest BCUT2D eigenvalue weighted by Crippen LogP contribution is 2.35. The van der Waals surface area contributed by atoms with Crippen molar-refractivity contribution in [3.63, 3.8) is 0 Å². The second-order valence-corrected chi connectivity index (χ2v) is 5.82. The predicted molar refractivity (Wildman–Crippen MR) is 64.2 cm³/mol. The summed E-state index contributed by atoms with van der Waals surface area (Å²) in [4.78, 5) is 22.5. The molecule has 0 radical (unpaired) electrons. The van der Waals surface area contributed by atoms with Crippen molar-refractivity contribution in [3.05, 3.63) is 0 Å². The molecule has 1 fully saturated rings. The van der Waals surface area contributed by atoms with Gasteiger partial charge in [0.15, 0.2) is 0 Å². The van der Waals surface area contributed by atoms with E-state index in [0.29, 0.717) is 12.8 Å². The minimum Gasteiger partial charge on any atom is -0.480 e. The van der Waals surface area contributed by atoms with E-state index in [1.807, 2.05) is 0 Å². The molecule has 6 nitrogen and oxygen atoms in total. The van der Waals surface area contributed by atoms with Crippen molar-refractivity contribution in [2.75, 3.05) is 0 Å². The van der Waals surface area contributed by atoms with E-state index in [2.05, 4.69) is 5.32 Å². The van der Waals surface area contributed by atoms with Crippen LogP contribution < -0.4 is 5.32 Å². The Morgan fingerprint density at radius 3 is 2.28 bits per heavy atom. The van der Waals surface area contributed by atoms with Gasteiger partial charge in [0.2, 0.25) is 0 Å². The van der Waals surface area contributed by atoms with Crippen LogP contribution in [0.25, 0.3) is 0 Å². The highest BCUT2D eigenvalue weighted by Gasteiger charge is 2.39. The molecule has 104 valence electrons. The van der Waals surface area contributed by atoms with Gasteiger partial charge >= 0.3 is 12.1 Å². The zero-order valence-electron chi connectivity index (χ0n) is 11.0. The quantitative estimate of drug-likeness (QED) is 0.706. The minimum absolute atomic E-state index is 0.0155. The molecule has 0 saturated heterocycles. The van der Waals surface area contributed by atoms with Crippen LogP contribution in [0.15, 0.2) is 0 Å². The molecule has 0 spiro atoms. The molecule has 0 aromatic carbocycles. The van der Waals surface area contributed by atoms with Crippen LogP contribution in [0.5, 0.6) is 0 Å². The van der Waals surface area contributed by atoms with Crippen LogP contribution in [0, 0.1) is 0 Å². The molecular formula is C12H21NO5. The fraction of sp³-hybridized carbons (Fsp3) is 0.833. The Bertz CT molecular complexity index is 330. The van der Waals surface area contributed by atoms with Gasteiger partial charge in [0.25, 0.3) is 0 Å². The number of aliphatic hydroxyl groups is 1. The molecule has 0 heterocycles. The lowest BCUT2D eigenvalue weighted by Crippen LogP contribution is -2.50. The first-order chi connectivity index (χ1) is 8.11. The van der Waals surface area contributed by atoms with Crippen molar-refractivity contribution >= 4 is 12.1 Å². The number of carbonyl (C=O) groups excluding carboxylic acids is 1. The number of carboxylic acid groups (broad SMARTS) is 1. The largest absolute Gasteiger partial charge is 0.480 e. The molecule has 6 heteroatoms. The van der Waals surface area contributed by atoms with E-state index in [0.717, 1.165) is 6.42 Å². The van der Waals surface area contributed by atoms with E-state index in [9.17, 15) is 14.7 Å². The van der Waals surface area contributed by atoms with Gasteiger partial charge in [-0.3, -0.25) is 0 Å². The van der Waals surface area contributed by atoms with Crippen LogP contribution in [-0.4, -0.2) is 39.5 Å². The highest BCUT2D eigenvalue weighted by atomic mass is 16.6. The van der Waals surface area contributed by atoms with E-state index < -0.39 is 29.3 Å². The molecule has 0 aromatic rings. The molecule has 1 saturated carbocycles. The Kier molecular flexibility index (Phi) is 4.21. The molecule has 1 aliphatic carbocycles. The van der Waals surface area contributed by atoms with Gasteiger partial charge in [0.05, 0.1) is 5.60 Å². The summed E-state index contributed by atoms with van der Waals surface area (Å²) in [5.41, 5.74) is -1.64. The van der Waals surface area contributed by atoms with E-state index >= 15 is 0 Å². The lowest BCUT2D eigenvalue weighted by atomic mass is 9.76. The molecule has 1 rings (SSSR count). The van der Waals surface area contributed by atoms with Crippen molar-refractivity contribution < 1.29 is 24.5 Å². The number of nitrogens with one attached hydrogen (secondary N) is 1. The summed E-state index contributed by atoms with van der Waals surface area (Å²) in [6.07, 6.45) is 1.27. The number of carboxylic acids is 1. The summed E-state index contributed by atoms with van der Waals surface area (Å²) in [5, 5.41) is 21.2. The van der Waals surface area contributed by atoms with Gasteiger partial charge in [-0.05, 0) is 40.0 Å². The molecule has 0 aliphatic heterocycles. The molecular weight excluding hydrogens is 238 g/mol. The van der Waals surface area contributed by atoms with Crippen molar-refractivity contribution in [1.29, 1.82) is 0 Å². The Balaban J connectivity index is 2.53. The lowest BCUT2D eigenvalue weighted by Gasteiger charge is -2.38. The number of rotatable bonds is 4. The summed E-state index contributed by atoms with van der Waals surface area (Å²) in [7, 11) is 0. The zero-order valence-corrected chi connectivity index (χ0v) is 11.0. The van der Waals surface area contributed by atoms with Crippen LogP contribution >= 0.6 is 0 Å². The molecule has 1 atom stereocenters. The number of carbonyl (C=O) groups is 2. The van der Waals surface area contributed by atoms with Gasteiger partial charge in [-0.25, -0.2) is 9.59 Å². The first-order valence-corrected chi connectivity index (χ1v) is 6.06. The molecule has 1 unspecified atom stereocenters. The number of ether oxygens (including phenoxy) is 1. The van der Waals surface area contributed by atoms with E-state index in [4.69, 9.17) is 9.84 Å². The van der Waals surface area contributed by atoms with Gasteiger partial charge in [-0.2, -0.15) is 0 Å². The van der Waals surface area contributed by atoms with E-state index in [1.54, 1.807) is 20.8 Å². The molecule has 1 aliphatic rings. The normalized spacial score (nSPS) is 19.6. The third-order valence-electron chi connectivity index (χ3n) is 2.86. The number of hydrogen-bond acceptors (Lipinski definition) is 4. The smallest absolute Gasteiger partial charge is 0.408 e. The Labute approximate surface area is 106 Å². The topological polar surface area (TPSA) is 95.9 Å². The van der Waals surface area contributed by atoms with Crippen LogP contribution in [0.3, 0.4) is 0 Å². The first-order valence-electron chi connectivity index (χ1n) is 6.06. The number of amides is 1. The fourth-order valence-electron chi connectivity index (χ4n) is 1.82. The molecule has 0 bridgehead atoms. The number of alkyl carbamates (subject to hydrolysis) is 1. The van der Waals surface area contributed by atoms with Crippen LogP contribution in [0.1, 0.15) is 46.5 Å². The average Bonchev–Trinajstić information content (AvgIpc) is 2.10. The van der Waals surface area contributed by atoms with Crippen LogP contribution in [-0.2, 0) is 9.53 Å². The third-order valence-corrected chi connectivity index (χ3v) is 2.86. The van der Waals surface area contributed by atoms with E-state index in [-0.39, 0.29) is 6.42 Å². The Morgan fingerprint density at radius 1 is 1.39 bits per heavy atom. The average molecular weight is 259 g/mol. The minimum atomic E-state index is -1.17. The standard InChI is InChI=1S/C12H21NO5/c1-11(2,3)18-10(16)13-8(9(14)15)7-12(17)5-4-6-12/h8,17H,4-7H2,1-3H3,(H,13,16)(H,14,15). The van der Waals surface area contributed by atoms with Gasteiger partial charge in [0, 0.05) is 6.42 Å². The maximum absolute atomic E-state index is 11.5. The maximum Gasteiger partial charge on any atom is 0.408 e. The van der Waals surface area contributed by atoms with Crippen LogP contribution in [0.4, 0.5) is 4.79 Å². The second kappa shape index (κ2) is 5.14. The Morgan fingerprint density at radius 2 is 1.94 bits per heavy atom. The Hall–Kier alpha value is -1.30. The summed E-state index contributed by atoms with van der Waals surface area (Å²) in [6, 6.07) is -1.12. The van der Waals surface area contributed by atoms with Gasteiger partial charge in [-0.15, -0.1) is 0 Å².